The van der Waals surface area contributed by atoms with Crippen LogP contribution in [0.4, 0.5) is 0 Å². The molecule has 100 valence electrons. The lowest BCUT2D eigenvalue weighted by Gasteiger charge is -2.13. The molecule has 0 bridgehead atoms. The molecule has 0 aliphatic heterocycles. The second-order valence-corrected chi connectivity index (χ2v) is 5.18. The van der Waals surface area contributed by atoms with Gasteiger partial charge in [-0.3, -0.25) is 4.98 Å². The average molecular weight is 317 g/mol. The molecule has 2 rings (SSSR count). The van der Waals surface area contributed by atoms with Crippen molar-refractivity contribution in [3.63, 3.8) is 0 Å². The Balaban J connectivity index is 2.22. The highest BCUT2D eigenvalue weighted by molar-refractivity contribution is 6.36. The minimum absolute atomic E-state index is 0.289. The van der Waals surface area contributed by atoms with E-state index < -0.39 is 0 Å². The Morgan fingerprint density at radius 3 is 2.74 bits per heavy atom. The van der Waals surface area contributed by atoms with Crippen LogP contribution in [-0.2, 0) is 12.5 Å². The van der Waals surface area contributed by atoms with Gasteiger partial charge in [0.2, 0.25) is 0 Å². The summed E-state index contributed by atoms with van der Waals surface area (Å²) in [6.07, 6.45) is 1.73. The van der Waals surface area contributed by atoms with Crippen molar-refractivity contribution >= 4 is 34.8 Å². The van der Waals surface area contributed by atoms with E-state index in [9.17, 15) is 0 Å². The highest BCUT2D eigenvalue weighted by atomic mass is 35.5. The van der Waals surface area contributed by atoms with Crippen molar-refractivity contribution < 1.29 is 4.74 Å². The monoisotopic (exact) mass is 315 g/mol. The smallest absolute Gasteiger partial charge is 0.142 e. The Morgan fingerprint density at radius 1 is 1.26 bits per heavy atom. The van der Waals surface area contributed by atoms with E-state index in [1.54, 1.807) is 18.3 Å². The molecule has 0 saturated heterocycles. The maximum Gasteiger partial charge on any atom is 0.142 e. The number of hydrogen-bond donors (Lipinski definition) is 0. The molecule has 0 radical (unpaired) electrons. The first-order valence-electron chi connectivity index (χ1n) is 5.69. The summed E-state index contributed by atoms with van der Waals surface area (Å²) in [6, 6.07) is 7.26. The molecule has 1 aromatic carbocycles. The molecule has 2 aromatic rings. The van der Waals surface area contributed by atoms with E-state index in [1.807, 2.05) is 19.1 Å². The van der Waals surface area contributed by atoms with Crippen molar-refractivity contribution in [2.24, 2.45) is 0 Å². The van der Waals surface area contributed by atoms with E-state index in [2.05, 4.69) is 4.98 Å². The Hall–Kier alpha value is -0.960. The number of aryl methyl sites for hydroxylation is 1. The molecular weight excluding hydrogens is 305 g/mol. The summed E-state index contributed by atoms with van der Waals surface area (Å²) in [6.45, 7) is 2.33. The first-order valence-corrected chi connectivity index (χ1v) is 6.98. The van der Waals surface area contributed by atoms with Gasteiger partial charge >= 0.3 is 0 Å². The van der Waals surface area contributed by atoms with Gasteiger partial charge in [-0.2, -0.15) is 0 Å². The fourth-order valence-corrected chi connectivity index (χ4v) is 2.47. The van der Waals surface area contributed by atoms with Crippen molar-refractivity contribution in [3.8, 4) is 5.75 Å². The predicted octanol–water partition coefficient (Wildman–Crippen LogP) is 5.01. The van der Waals surface area contributed by atoms with Crippen molar-refractivity contribution in [2.45, 2.75) is 19.4 Å². The van der Waals surface area contributed by atoms with Gasteiger partial charge in [0.25, 0.3) is 0 Å². The second kappa shape index (κ2) is 6.47. The topological polar surface area (TPSA) is 22.1 Å². The van der Waals surface area contributed by atoms with Crippen LogP contribution in [0.3, 0.4) is 0 Å². The Labute approximate surface area is 127 Å². The summed E-state index contributed by atoms with van der Waals surface area (Å²) >= 11 is 17.9. The van der Waals surface area contributed by atoms with Gasteiger partial charge in [0.1, 0.15) is 12.4 Å². The molecule has 0 amide bonds. The molecule has 0 unspecified atom stereocenters. The third-order valence-corrected chi connectivity index (χ3v) is 3.49. The van der Waals surface area contributed by atoms with E-state index in [4.69, 9.17) is 39.5 Å². The van der Waals surface area contributed by atoms with Gasteiger partial charge in [-0.15, -0.1) is 11.6 Å². The number of hydrogen-bond acceptors (Lipinski definition) is 2. The zero-order chi connectivity index (χ0) is 13.8. The summed E-state index contributed by atoms with van der Waals surface area (Å²) in [5.74, 6) is 0.850. The molecule has 0 aliphatic carbocycles. The largest absolute Gasteiger partial charge is 0.485 e. The number of rotatable bonds is 4. The van der Waals surface area contributed by atoms with E-state index in [0.717, 1.165) is 16.8 Å². The summed E-state index contributed by atoms with van der Waals surface area (Å²) < 4.78 is 5.74. The molecule has 19 heavy (non-hydrogen) atoms. The number of pyridine rings is 1. The number of alkyl halides is 1. The third kappa shape index (κ3) is 3.53. The van der Waals surface area contributed by atoms with Crippen LogP contribution in [0.25, 0.3) is 0 Å². The molecule has 0 fully saturated rings. The highest BCUT2D eigenvalue weighted by Gasteiger charge is 2.11. The average Bonchev–Trinajstić information content (AvgIpc) is 2.38. The van der Waals surface area contributed by atoms with Crippen LogP contribution in [0.15, 0.2) is 30.5 Å². The Bertz CT molecular complexity index is 587. The summed E-state index contributed by atoms with van der Waals surface area (Å²) in [5, 5.41) is 0.999. The van der Waals surface area contributed by atoms with Crippen molar-refractivity contribution in [1.82, 2.24) is 4.98 Å². The number of aromatic nitrogens is 1. The summed E-state index contributed by atoms with van der Waals surface area (Å²) in [7, 11) is 0. The first kappa shape index (κ1) is 14.4. The molecule has 0 spiro atoms. The van der Waals surface area contributed by atoms with Crippen LogP contribution in [0, 0.1) is 6.92 Å². The molecule has 1 aromatic heterocycles. The Kier molecular flexibility index (Phi) is 4.92. The van der Waals surface area contributed by atoms with E-state index in [0.29, 0.717) is 22.4 Å². The SMILES string of the molecule is Cc1cccnc1COc1c(Cl)cc(Cl)cc1CCl. The zero-order valence-corrected chi connectivity index (χ0v) is 12.6. The quantitative estimate of drug-likeness (QED) is 0.739. The van der Waals surface area contributed by atoms with Crippen LogP contribution >= 0.6 is 34.8 Å². The van der Waals surface area contributed by atoms with Gasteiger partial charge in [0.05, 0.1) is 16.6 Å². The minimum Gasteiger partial charge on any atom is -0.485 e. The lowest BCUT2D eigenvalue weighted by atomic mass is 10.2. The van der Waals surface area contributed by atoms with Gasteiger partial charge in [-0.05, 0) is 30.7 Å². The van der Waals surface area contributed by atoms with Crippen LogP contribution in [0.1, 0.15) is 16.8 Å². The van der Waals surface area contributed by atoms with Gasteiger partial charge in [0, 0.05) is 16.8 Å². The van der Waals surface area contributed by atoms with Crippen molar-refractivity contribution in [1.29, 1.82) is 0 Å². The van der Waals surface area contributed by atoms with Crippen LogP contribution in [-0.4, -0.2) is 4.98 Å². The normalized spacial score (nSPS) is 10.5. The summed E-state index contributed by atoms with van der Waals surface area (Å²) in [5.41, 5.74) is 2.71. The third-order valence-electron chi connectivity index (χ3n) is 2.70. The van der Waals surface area contributed by atoms with Crippen LogP contribution in [0.2, 0.25) is 10.0 Å². The fourth-order valence-electron chi connectivity index (χ4n) is 1.68. The van der Waals surface area contributed by atoms with E-state index in [-0.39, 0.29) is 5.88 Å². The predicted molar refractivity (Wildman–Crippen MR) is 79.3 cm³/mol. The number of nitrogens with zero attached hydrogens (tertiary/aromatic N) is 1. The van der Waals surface area contributed by atoms with Gasteiger partial charge in [-0.1, -0.05) is 29.3 Å². The number of ether oxygens (including phenoxy) is 1. The lowest BCUT2D eigenvalue weighted by Crippen LogP contribution is -2.02. The first-order chi connectivity index (χ1) is 9.11. The number of halogens is 3. The second-order valence-electron chi connectivity index (χ2n) is 4.07. The molecule has 2 nitrogen and oxygen atoms in total. The van der Waals surface area contributed by atoms with Gasteiger partial charge in [0.15, 0.2) is 0 Å². The minimum atomic E-state index is 0.289. The molecule has 0 aliphatic rings. The van der Waals surface area contributed by atoms with Gasteiger partial charge in [-0.25, -0.2) is 0 Å². The fraction of sp³-hybridized carbons (Fsp3) is 0.214. The van der Waals surface area contributed by atoms with E-state index in [1.165, 1.54) is 0 Å². The summed E-state index contributed by atoms with van der Waals surface area (Å²) in [4.78, 5) is 4.27. The van der Waals surface area contributed by atoms with Gasteiger partial charge < -0.3 is 4.74 Å². The van der Waals surface area contributed by atoms with Crippen molar-refractivity contribution in [3.05, 3.63) is 57.3 Å². The molecular formula is C14H12Cl3NO. The molecule has 0 N–H and O–H groups in total. The molecule has 0 saturated carbocycles. The Morgan fingerprint density at radius 2 is 2.05 bits per heavy atom. The molecule has 1 heterocycles. The van der Waals surface area contributed by atoms with Crippen molar-refractivity contribution in [2.75, 3.05) is 0 Å². The van der Waals surface area contributed by atoms with Crippen LogP contribution < -0.4 is 4.74 Å². The maximum absolute atomic E-state index is 6.13. The van der Waals surface area contributed by atoms with E-state index >= 15 is 0 Å². The molecule has 0 atom stereocenters. The lowest BCUT2D eigenvalue weighted by molar-refractivity contribution is 0.298. The highest BCUT2D eigenvalue weighted by Crippen LogP contribution is 2.34. The van der Waals surface area contributed by atoms with Crippen LogP contribution in [0.5, 0.6) is 5.75 Å². The standard InChI is InChI=1S/C14H12Cl3NO/c1-9-3-2-4-18-13(9)8-19-14-10(7-15)5-11(16)6-12(14)17/h2-6H,7-8H2,1H3. The maximum atomic E-state index is 6.13. The molecule has 5 heteroatoms. The number of benzene rings is 1. The zero-order valence-electron chi connectivity index (χ0n) is 10.3.